The Hall–Kier alpha value is -3.55. The highest BCUT2D eigenvalue weighted by Crippen LogP contribution is 2.38. The molecule has 0 aliphatic heterocycles. The number of benzene rings is 2. The third-order valence-corrected chi connectivity index (χ3v) is 7.01. The maximum Gasteiger partial charge on any atom is 0.408 e. The highest BCUT2D eigenvalue weighted by atomic mass is 16.6. The minimum Gasteiger partial charge on any atom is -0.508 e. The van der Waals surface area contributed by atoms with Gasteiger partial charge < -0.3 is 25.4 Å². The van der Waals surface area contributed by atoms with Gasteiger partial charge in [-0.3, -0.25) is 9.59 Å². The maximum absolute atomic E-state index is 14.5. The zero-order valence-corrected chi connectivity index (χ0v) is 24.9. The van der Waals surface area contributed by atoms with E-state index in [9.17, 15) is 19.5 Å². The molecular weight excluding hydrogens is 506 g/mol. The van der Waals surface area contributed by atoms with Crippen LogP contribution in [-0.4, -0.2) is 51.6 Å². The van der Waals surface area contributed by atoms with Gasteiger partial charge in [0.2, 0.25) is 11.8 Å². The molecule has 0 bridgehead atoms. The number of aryl methyl sites for hydroxylation is 2. The monoisotopic (exact) mass is 551 g/mol. The molecule has 1 aliphatic rings. The van der Waals surface area contributed by atoms with E-state index >= 15 is 0 Å². The Labute approximate surface area is 238 Å². The fourth-order valence-corrected chi connectivity index (χ4v) is 5.05. The lowest BCUT2D eigenvalue weighted by Crippen LogP contribution is -2.55. The Morgan fingerprint density at radius 2 is 1.62 bits per heavy atom. The van der Waals surface area contributed by atoms with Crippen molar-refractivity contribution in [3.63, 3.8) is 0 Å². The van der Waals surface area contributed by atoms with Crippen LogP contribution in [0.3, 0.4) is 0 Å². The first-order valence-corrected chi connectivity index (χ1v) is 14.3. The van der Waals surface area contributed by atoms with Crippen LogP contribution in [0.4, 0.5) is 4.79 Å². The van der Waals surface area contributed by atoms with Crippen molar-refractivity contribution in [2.45, 2.75) is 110 Å². The minimum absolute atomic E-state index is 0.0480. The molecule has 3 amide bonds. The molecule has 2 aromatic rings. The van der Waals surface area contributed by atoms with Gasteiger partial charge in [0.15, 0.2) is 0 Å². The van der Waals surface area contributed by atoms with Gasteiger partial charge in [-0.2, -0.15) is 0 Å². The first kappa shape index (κ1) is 31.0. The molecule has 218 valence electrons. The summed E-state index contributed by atoms with van der Waals surface area (Å²) in [6.07, 6.45) is 2.79. The summed E-state index contributed by atoms with van der Waals surface area (Å²) in [6.45, 7) is 13.3. The van der Waals surface area contributed by atoms with E-state index in [0.717, 1.165) is 47.9 Å². The van der Waals surface area contributed by atoms with E-state index in [1.165, 1.54) is 0 Å². The Morgan fingerprint density at radius 1 is 1.02 bits per heavy atom. The normalized spacial score (nSPS) is 15.5. The predicted molar refractivity (Wildman–Crippen MR) is 156 cm³/mol. The standard InChI is InChI=1S/C32H45N3O5/c1-8-10-22(4)33-29(37)28(27-20(2)11-9-12-21(27)3)35(24-15-16-24)30(38)26(34-31(39)40-32(5,6)7)19-23-13-17-25(36)18-14-23/h9,11-14,17-18,22,24,26,28,36H,8,10,15-16,19H2,1-7H3,(H,33,37)(H,34,39). The predicted octanol–water partition coefficient (Wildman–Crippen LogP) is 5.48. The fraction of sp³-hybridized carbons (Fsp3) is 0.531. The lowest BCUT2D eigenvalue weighted by molar-refractivity contribution is -0.143. The number of aromatic hydroxyl groups is 1. The SMILES string of the molecule is CCCC(C)NC(=O)C(c1c(C)cccc1C)N(C(=O)C(Cc1ccc(O)cc1)NC(=O)OC(C)(C)C)C1CC1. The van der Waals surface area contributed by atoms with E-state index in [1.54, 1.807) is 49.9 Å². The topological polar surface area (TPSA) is 108 Å². The minimum atomic E-state index is -0.979. The molecule has 0 radical (unpaired) electrons. The average Bonchev–Trinajstić information content (AvgIpc) is 3.68. The van der Waals surface area contributed by atoms with E-state index in [4.69, 9.17) is 4.74 Å². The molecule has 40 heavy (non-hydrogen) atoms. The number of hydrogen-bond donors (Lipinski definition) is 3. The van der Waals surface area contributed by atoms with Crippen LogP contribution in [0.25, 0.3) is 0 Å². The number of nitrogens with one attached hydrogen (secondary N) is 2. The number of ether oxygens (including phenoxy) is 1. The Morgan fingerprint density at radius 3 is 2.15 bits per heavy atom. The van der Waals surface area contributed by atoms with Crippen molar-refractivity contribution < 1.29 is 24.2 Å². The molecule has 0 saturated heterocycles. The quantitative estimate of drug-likeness (QED) is 0.343. The number of carbonyl (C=O) groups excluding carboxylic acids is 3. The van der Waals surface area contributed by atoms with Crippen LogP contribution in [0.1, 0.15) is 88.6 Å². The van der Waals surface area contributed by atoms with E-state index in [1.807, 2.05) is 39.0 Å². The molecule has 8 nitrogen and oxygen atoms in total. The van der Waals surface area contributed by atoms with Crippen molar-refractivity contribution in [2.75, 3.05) is 0 Å². The highest BCUT2D eigenvalue weighted by Gasteiger charge is 2.45. The summed E-state index contributed by atoms with van der Waals surface area (Å²) in [5.74, 6) is -0.453. The number of rotatable bonds is 11. The van der Waals surface area contributed by atoms with Crippen LogP contribution in [0.5, 0.6) is 5.75 Å². The average molecular weight is 552 g/mol. The number of nitrogens with zero attached hydrogens (tertiary/aromatic N) is 1. The van der Waals surface area contributed by atoms with E-state index in [0.29, 0.717) is 0 Å². The second kappa shape index (κ2) is 13.2. The Bertz CT molecular complexity index is 1160. The summed E-state index contributed by atoms with van der Waals surface area (Å²) < 4.78 is 5.50. The summed E-state index contributed by atoms with van der Waals surface area (Å²) in [5.41, 5.74) is 2.67. The van der Waals surface area contributed by atoms with Crippen LogP contribution in [0.15, 0.2) is 42.5 Å². The first-order valence-electron chi connectivity index (χ1n) is 14.3. The van der Waals surface area contributed by atoms with Crippen LogP contribution in [0, 0.1) is 13.8 Å². The number of carbonyl (C=O) groups is 3. The summed E-state index contributed by atoms with van der Waals surface area (Å²) >= 11 is 0. The van der Waals surface area contributed by atoms with Crippen molar-refractivity contribution in [1.29, 1.82) is 0 Å². The molecule has 2 aromatic carbocycles. The smallest absolute Gasteiger partial charge is 0.408 e. The molecule has 1 aliphatic carbocycles. The van der Waals surface area contributed by atoms with Crippen molar-refractivity contribution in [2.24, 2.45) is 0 Å². The van der Waals surface area contributed by atoms with Gasteiger partial charge in [-0.25, -0.2) is 4.79 Å². The van der Waals surface area contributed by atoms with E-state index in [-0.39, 0.29) is 36.1 Å². The number of amides is 3. The maximum atomic E-state index is 14.5. The summed E-state index contributed by atoms with van der Waals surface area (Å²) in [4.78, 5) is 43.1. The number of phenols is 1. The zero-order valence-electron chi connectivity index (χ0n) is 24.9. The second-order valence-corrected chi connectivity index (χ2v) is 12.0. The lowest BCUT2D eigenvalue weighted by Gasteiger charge is -2.36. The third-order valence-electron chi connectivity index (χ3n) is 7.01. The molecule has 0 aromatic heterocycles. The lowest BCUT2D eigenvalue weighted by atomic mass is 9.92. The van der Waals surface area contributed by atoms with Crippen molar-refractivity contribution >= 4 is 17.9 Å². The largest absolute Gasteiger partial charge is 0.508 e. The molecule has 0 spiro atoms. The van der Waals surface area contributed by atoms with Gasteiger partial charge in [0.1, 0.15) is 23.4 Å². The molecule has 3 rings (SSSR count). The number of alkyl carbamates (subject to hydrolysis) is 1. The molecule has 1 saturated carbocycles. The van der Waals surface area contributed by atoms with Crippen molar-refractivity contribution in [3.05, 3.63) is 64.7 Å². The summed E-state index contributed by atoms with van der Waals surface area (Å²) in [5, 5.41) is 15.7. The van der Waals surface area contributed by atoms with Gasteiger partial charge in [-0.1, -0.05) is 43.7 Å². The number of phenolic OH excluding ortho intramolecular Hbond substituents is 1. The van der Waals surface area contributed by atoms with Gasteiger partial charge in [-0.15, -0.1) is 0 Å². The molecule has 0 heterocycles. The van der Waals surface area contributed by atoms with E-state index < -0.39 is 23.8 Å². The number of hydrogen-bond acceptors (Lipinski definition) is 5. The molecule has 1 fully saturated rings. The first-order chi connectivity index (χ1) is 18.8. The fourth-order valence-electron chi connectivity index (χ4n) is 5.05. The van der Waals surface area contributed by atoms with Gasteiger partial charge in [0.25, 0.3) is 0 Å². The van der Waals surface area contributed by atoms with Crippen molar-refractivity contribution in [1.82, 2.24) is 15.5 Å². The zero-order chi connectivity index (χ0) is 29.6. The van der Waals surface area contributed by atoms with Crippen LogP contribution < -0.4 is 10.6 Å². The van der Waals surface area contributed by atoms with Gasteiger partial charge in [-0.05, 0) is 95.2 Å². The van der Waals surface area contributed by atoms with E-state index in [2.05, 4.69) is 17.6 Å². The summed E-state index contributed by atoms with van der Waals surface area (Å²) in [7, 11) is 0. The molecule has 3 N–H and O–H groups in total. The summed E-state index contributed by atoms with van der Waals surface area (Å²) in [6, 6.07) is 10.4. The second-order valence-electron chi connectivity index (χ2n) is 12.0. The van der Waals surface area contributed by atoms with Crippen LogP contribution in [0.2, 0.25) is 0 Å². The molecule has 3 unspecified atom stereocenters. The van der Waals surface area contributed by atoms with Crippen molar-refractivity contribution in [3.8, 4) is 5.75 Å². The van der Waals surface area contributed by atoms with Gasteiger partial charge >= 0.3 is 6.09 Å². The Kier molecular flexibility index (Phi) is 10.2. The molecular formula is C32H45N3O5. The van der Waals surface area contributed by atoms with Gasteiger partial charge in [0, 0.05) is 18.5 Å². The third kappa shape index (κ3) is 8.47. The molecule has 3 atom stereocenters. The van der Waals surface area contributed by atoms with Crippen LogP contribution in [-0.2, 0) is 20.7 Å². The molecule has 8 heteroatoms. The van der Waals surface area contributed by atoms with Gasteiger partial charge in [0.05, 0.1) is 0 Å². The Balaban J connectivity index is 2.05. The van der Waals surface area contributed by atoms with Crippen LogP contribution >= 0.6 is 0 Å². The highest BCUT2D eigenvalue weighted by molar-refractivity contribution is 5.93.